The van der Waals surface area contributed by atoms with Gasteiger partial charge in [0.1, 0.15) is 11.9 Å². The summed E-state index contributed by atoms with van der Waals surface area (Å²) in [5.74, 6) is -0.475. The molecule has 1 aliphatic heterocycles. The molecule has 0 saturated carbocycles. The van der Waals surface area contributed by atoms with Crippen LogP contribution in [0.3, 0.4) is 0 Å². The number of halogens is 2. The highest BCUT2D eigenvalue weighted by molar-refractivity contribution is 6.30. The van der Waals surface area contributed by atoms with Crippen molar-refractivity contribution in [3.63, 3.8) is 0 Å². The molecule has 5 nitrogen and oxygen atoms in total. The number of ether oxygens (including phenoxy) is 1. The molecule has 1 aromatic carbocycles. The smallest absolute Gasteiger partial charge is 0.322 e. The van der Waals surface area contributed by atoms with E-state index in [1.807, 2.05) is 0 Å². The van der Waals surface area contributed by atoms with Crippen LogP contribution in [0.1, 0.15) is 11.7 Å². The van der Waals surface area contributed by atoms with Crippen LogP contribution in [0.25, 0.3) is 0 Å². The summed E-state index contributed by atoms with van der Waals surface area (Å²) in [6, 6.07) is 7.74. The Morgan fingerprint density at radius 2 is 2.30 bits per heavy atom. The number of nitrogens with one attached hydrogen (secondary N) is 1. The predicted molar refractivity (Wildman–Crippen MR) is 84.9 cm³/mol. The van der Waals surface area contributed by atoms with Crippen LogP contribution in [0.15, 0.2) is 42.7 Å². The number of benzene rings is 1. The molecule has 120 valence electrons. The van der Waals surface area contributed by atoms with Gasteiger partial charge >= 0.3 is 6.03 Å². The largest absolute Gasteiger partial charge is 0.370 e. The van der Waals surface area contributed by atoms with Crippen molar-refractivity contribution < 1.29 is 13.9 Å². The number of nitrogens with zero attached hydrogens (tertiary/aromatic N) is 2. The van der Waals surface area contributed by atoms with Crippen LogP contribution in [0.5, 0.6) is 0 Å². The molecule has 3 rings (SSSR count). The Bertz CT molecular complexity index is 699. The van der Waals surface area contributed by atoms with E-state index in [4.69, 9.17) is 16.3 Å². The van der Waals surface area contributed by atoms with Gasteiger partial charge < -0.3 is 15.0 Å². The van der Waals surface area contributed by atoms with Gasteiger partial charge in [-0.25, -0.2) is 9.18 Å². The zero-order chi connectivity index (χ0) is 16.2. The highest BCUT2D eigenvalue weighted by atomic mass is 35.5. The molecule has 0 unspecified atom stereocenters. The third-order valence-electron chi connectivity index (χ3n) is 3.58. The number of rotatable bonds is 2. The highest BCUT2D eigenvalue weighted by Crippen LogP contribution is 2.26. The topological polar surface area (TPSA) is 54.5 Å². The lowest BCUT2D eigenvalue weighted by molar-refractivity contribution is -0.0135. The number of amides is 2. The molecule has 7 heteroatoms. The van der Waals surface area contributed by atoms with Crippen LogP contribution in [0.4, 0.5) is 14.9 Å². The lowest BCUT2D eigenvalue weighted by atomic mass is 10.1. The van der Waals surface area contributed by atoms with Gasteiger partial charge in [0.2, 0.25) is 0 Å². The number of carbonyl (C=O) groups excluding carboxylic acids is 1. The van der Waals surface area contributed by atoms with Crippen LogP contribution in [-0.4, -0.2) is 35.6 Å². The van der Waals surface area contributed by atoms with E-state index in [0.717, 1.165) is 5.56 Å². The normalized spacial score (nSPS) is 17.8. The minimum Gasteiger partial charge on any atom is -0.370 e. The third kappa shape index (κ3) is 3.78. The fourth-order valence-corrected chi connectivity index (χ4v) is 2.58. The van der Waals surface area contributed by atoms with Gasteiger partial charge in [0.05, 0.1) is 30.1 Å². The molecule has 1 aliphatic rings. The van der Waals surface area contributed by atoms with Gasteiger partial charge in [-0.15, -0.1) is 0 Å². The van der Waals surface area contributed by atoms with Gasteiger partial charge in [0, 0.05) is 12.7 Å². The Morgan fingerprint density at radius 1 is 1.43 bits per heavy atom. The number of aromatic nitrogens is 1. The molecule has 23 heavy (non-hydrogen) atoms. The maximum absolute atomic E-state index is 13.3. The average molecular weight is 336 g/mol. The van der Waals surface area contributed by atoms with Crippen molar-refractivity contribution in [2.24, 2.45) is 0 Å². The summed E-state index contributed by atoms with van der Waals surface area (Å²) in [5.41, 5.74) is 1.38. The Balaban J connectivity index is 1.68. The molecule has 0 spiro atoms. The van der Waals surface area contributed by atoms with Crippen molar-refractivity contribution in [3.8, 4) is 0 Å². The number of carbonyl (C=O) groups is 1. The molecule has 2 heterocycles. The Labute approximate surface area is 138 Å². The fourth-order valence-electron chi connectivity index (χ4n) is 2.39. The van der Waals surface area contributed by atoms with E-state index in [1.165, 1.54) is 12.1 Å². The second kappa shape index (κ2) is 6.93. The molecule has 0 aliphatic carbocycles. The number of morpholine rings is 1. The van der Waals surface area contributed by atoms with E-state index in [-0.39, 0.29) is 17.2 Å². The van der Waals surface area contributed by atoms with Gasteiger partial charge in [-0.3, -0.25) is 4.98 Å². The molecule has 1 N–H and O–H groups in total. The summed E-state index contributed by atoms with van der Waals surface area (Å²) < 4.78 is 18.9. The maximum Gasteiger partial charge on any atom is 0.322 e. The van der Waals surface area contributed by atoms with Gasteiger partial charge in [-0.05, 0) is 29.8 Å². The van der Waals surface area contributed by atoms with Crippen molar-refractivity contribution in [3.05, 3.63) is 59.1 Å². The Morgan fingerprint density at radius 3 is 3.04 bits per heavy atom. The lowest BCUT2D eigenvalue weighted by Crippen LogP contribution is -2.44. The first-order chi connectivity index (χ1) is 11.1. The zero-order valence-corrected chi connectivity index (χ0v) is 13.0. The van der Waals surface area contributed by atoms with Gasteiger partial charge in [-0.2, -0.15) is 0 Å². The first-order valence-electron chi connectivity index (χ1n) is 7.16. The Kier molecular flexibility index (Phi) is 4.73. The number of urea groups is 1. The molecule has 0 bridgehead atoms. The van der Waals surface area contributed by atoms with Crippen LogP contribution in [0, 0.1) is 5.82 Å². The van der Waals surface area contributed by atoms with Crippen LogP contribution < -0.4 is 5.32 Å². The van der Waals surface area contributed by atoms with Crippen LogP contribution in [0.2, 0.25) is 5.02 Å². The molecule has 2 amide bonds. The summed E-state index contributed by atoms with van der Waals surface area (Å²) in [7, 11) is 0. The van der Waals surface area contributed by atoms with Crippen molar-refractivity contribution in [2.75, 3.05) is 25.0 Å². The number of pyridine rings is 1. The molecular weight excluding hydrogens is 321 g/mol. The number of hydrogen-bond acceptors (Lipinski definition) is 3. The van der Waals surface area contributed by atoms with Gasteiger partial charge in [-0.1, -0.05) is 17.7 Å². The van der Waals surface area contributed by atoms with Crippen molar-refractivity contribution in [1.29, 1.82) is 0 Å². The van der Waals surface area contributed by atoms with Crippen molar-refractivity contribution in [1.82, 2.24) is 9.88 Å². The van der Waals surface area contributed by atoms with E-state index in [2.05, 4.69) is 10.3 Å². The minimum absolute atomic E-state index is 0.0445. The lowest BCUT2D eigenvalue weighted by Gasteiger charge is -2.33. The first-order valence-corrected chi connectivity index (χ1v) is 7.54. The molecule has 1 saturated heterocycles. The van der Waals surface area contributed by atoms with Crippen LogP contribution in [-0.2, 0) is 4.74 Å². The standard InChI is InChI=1S/C16H15ClFN3O2/c17-13-8-11(3-4-14(13)18)15-10-21(6-7-23-15)16(22)20-12-2-1-5-19-9-12/h1-5,8-9,15H,6-7,10H2,(H,20,22)/t15-/m1/s1. The van der Waals surface area contributed by atoms with E-state index in [0.29, 0.717) is 25.4 Å². The predicted octanol–water partition coefficient (Wildman–Crippen LogP) is 3.48. The summed E-state index contributed by atoms with van der Waals surface area (Å²) >= 11 is 5.81. The molecule has 2 aromatic rings. The molecule has 1 aromatic heterocycles. The average Bonchev–Trinajstić information content (AvgIpc) is 2.58. The van der Waals surface area contributed by atoms with E-state index in [1.54, 1.807) is 35.5 Å². The third-order valence-corrected chi connectivity index (χ3v) is 3.87. The summed E-state index contributed by atoms with van der Waals surface area (Å²) in [6.07, 6.45) is 2.88. The zero-order valence-electron chi connectivity index (χ0n) is 12.2. The second-order valence-electron chi connectivity index (χ2n) is 5.15. The van der Waals surface area contributed by atoms with Gasteiger partial charge in [0.15, 0.2) is 0 Å². The fraction of sp³-hybridized carbons (Fsp3) is 0.250. The summed E-state index contributed by atoms with van der Waals surface area (Å²) in [4.78, 5) is 17.9. The number of anilines is 1. The van der Waals surface area contributed by atoms with Crippen LogP contribution >= 0.6 is 11.6 Å². The van der Waals surface area contributed by atoms with E-state index < -0.39 is 5.82 Å². The monoisotopic (exact) mass is 335 g/mol. The number of hydrogen-bond donors (Lipinski definition) is 1. The van der Waals surface area contributed by atoms with Gasteiger partial charge in [0.25, 0.3) is 0 Å². The first kappa shape index (κ1) is 15.7. The molecule has 1 fully saturated rings. The van der Waals surface area contributed by atoms with Crippen molar-refractivity contribution in [2.45, 2.75) is 6.10 Å². The van der Waals surface area contributed by atoms with E-state index >= 15 is 0 Å². The summed E-state index contributed by atoms with van der Waals surface area (Å²) in [5, 5.41) is 2.83. The maximum atomic E-state index is 13.3. The van der Waals surface area contributed by atoms with Crippen molar-refractivity contribution >= 4 is 23.3 Å². The minimum atomic E-state index is -0.475. The van der Waals surface area contributed by atoms with E-state index in [9.17, 15) is 9.18 Å². The summed E-state index contributed by atoms with van der Waals surface area (Å²) in [6.45, 7) is 1.26. The SMILES string of the molecule is O=C(Nc1cccnc1)N1CCO[C@@H](c2ccc(F)c(Cl)c2)C1. The second-order valence-corrected chi connectivity index (χ2v) is 5.56. The molecule has 1 atom stereocenters. The Hall–Kier alpha value is -2.18. The molecular formula is C16H15ClFN3O2. The highest BCUT2D eigenvalue weighted by Gasteiger charge is 2.26. The molecule has 0 radical (unpaired) electrons. The quantitative estimate of drug-likeness (QED) is 0.914.